The number of carbonyl (C=O) groups is 2. The minimum atomic E-state index is -0.741. The maximum atomic E-state index is 11.5. The number of nitrogens with two attached hydrogens (primary N) is 1. The number of hydrogen-bond acceptors (Lipinski definition) is 5. The Morgan fingerprint density at radius 1 is 0.730 bits per heavy atom. The van der Waals surface area contributed by atoms with Crippen molar-refractivity contribution in [3.8, 4) is 0 Å². The fraction of sp³-hybridized carbons (Fsp3) is 0.933. The van der Waals surface area contributed by atoms with Crippen LogP contribution in [-0.4, -0.2) is 88.6 Å². The lowest BCUT2D eigenvalue weighted by molar-refractivity contribution is -0.140. The number of nitrogens with zero attached hydrogens (tertiary/aromatic N) is 3. The minimum absolute atomic E-state index is 0.163. The fourth-order valence-electron chi connectivity index (χ4n) is 4.96. The molecule has 0 radical (unpaired) electrons. The van der Waals surface area contributed by atoms with Gasteiger partial charge in [0, 0.05) is 49.7 Å². The number of amides is 1. The summed E-state index contributed by atoms with van der Waals surface area (Å²) in [6.45, 7) is 26.6. The Morgan fingerprint density at radius 2 is 1.14 bits per heavy atom. The fourth-order valence-corrected chi connectivity index (χ4v) is 4.96. The van der Waals surface area contributed by atoms with Gasteiger partial charge in [-0.2, -0.15) is 0 Å². The first kappa shape index (κ1) is 35.8. The Hall–Kier alpha value is -1.18. The molecule has 3 heterocycles. The van der Waals surface area contributed by atoms with Gasteiger partial charge in [0.05, 0.1) is 5.92 Å². The first-order chi connectivity index (χ1) is 17.2. The molecule has 37 heavy (non-hydrogen) atoms. The predicted octanol–water partition coefficient (Wildman–Crippen LogP) is 5.32. The summed E-state index contributed by atoms with van der Waals surface area (Å²) < 4.78 is 0. The number of carboxylic acids is 1. The molecule has 1 amide bonds. The van der Waals surface area contributed by atoms with E-state index in [1.54, 1.807) is 13.8 Å². The third-order valence-electron chi connectivity index (χ3n) is 7.33. The number of rotatable bonds is 6. The smallest absolute Gasteiger partial charge is 0.305 e. The molecule has 3 aliphatic heterocycles. The van der Waals surface area contributed by atoms with Crippen molar-refractivity contribution in [1.29, 1.82) is 0 Å². The third kappa shape index (κ3) is 15.7. The standard InChI is InChI=1S/C9H17NO.C9H19N.C8H18N2.C4H8O2/c1-7(2)9(11)10-6-4-5-8(10)3;1-8(2)7-10-6-4-5-9(10)3;1-7(9)6-10-5-3-4-8(10)2;1-3(2)4(5)6/h7-8H,4-6H2,1-3H3;8-9H,4-7H2,1-3H3;7-8H,3-6,9H2,1-2H3;3H,1-2H3,(H,5,6)/t8-;9-;7-,8+;/m001./s1. The molecule has 0 spiro atoms. The molecule has 4 atom stereocenters. The molecule has 0 aliphatic carbocycles. The lowest BCUT2D eigenvalue weighted by atomic mass is 10.2. The van der Waals surface area contributed by atoms with Crippen LogP contribution in [-0.2, 0) is 9.59 Å². The van der Waals surface area contributed by atoms with Crippen LogP contribution in [0.2, 0.25) is 0 Å². The van der Waals surface area contributed by atoms with Gasteiger partial charge in [-0.3, -0.25) is 14.5 Å². The van der Waals surface area contributed by atoms with E-state index < -0.39 is 5.97 Å². The number of likely N-dealkylation sites (tertiary alicyclic amines) is 3. The molecule has 3 aliphatic rings. The molecule has 0 aromatic rings. The molecule has 220 valence electrons. The van der Waals surface area contributed by atoms with Crippen molar-refractivity contribution in [3.63, 3.8) is 0 Å². The van der Waals surface area contributed by atoms with Gasteiger partial charge in [-0.1, -0.05) is 41.5 Å². The van der Waals surface area contributed by atoms with Gasteiger partial charge in [-0.25, -0.2) is 0 Å². The van der Waals surface area contributed by atoms with Gasteiger partial charge in [-0.05, 0) is 85.2 Å². The van der Waals surface area contributed by atoms with Gasteiger partial charge in [0.15, 0.2) is 0 Å². The summed E-state index contributed by atoms with van der Waals surface area (Å²) in [5, 5.41) is 7.99. The summed E-state index contributed by atoms with van der Waals surface area (Å²) >= 11 is 0. The highest BCUT2D eigenvalue weighted by Crippen LogP contribution is 2.19. The van der Waals surface area contributed by atoms with Crippen molar-refractivity contribution >= 4 is 11.9 Å². The van der Waals surface area contributed by atoms with E-state index in [4.69, 9.17) is 10.8 Å². The summed E-state index contributed by atoms with van der Waals surface area (Å²) in [6, 6.07) is 2.43. The average molecular weight is 527 g/mol. The number of hydrogen-bond donors (Lipinski definition) is 2. The zero-order chi connectivity index (χ0) is 28.7. The van der Waals surface area contributed by atoms with E-state index in [0.29, 0.717) is 18.0 Å². The SMILES string of the molecule is CC(C)C(=O)N1CCC[C@@H]1C.CC(C)C(=O)O.CC(C)CN1CCC[C@@H]1C.C[C@@H](N)CN1CCC[C@@H]1C. The van der Waals surface area contributed by atoms with Crippen LogP contribution in [0.15, 0.2) is 0 Å². The molecule has 0 unspecified atom stereocenters. The monoisotopic (exact) mass is 526 g/mol. The number of carbonyl (C=O) groups excluding carboxylic acids is 1. The van der Waals surface area contributed by atoms with Gasteiger partial charge in [0.25, 0.3) is 0 Å². The molecule has 0 saturated carbocycles. The van der Waals surface area contributed by atoms with Crippen LogP contribution >= 0.6 is 0 Å². The van der Waals surface area contributed by atoms with Crippen LogP contribution in [0.1, 0.15) is 108 Å². The van der Waals surface area contributed by atoms with Gasteiger partial charge >= 0.3 is 5.97 Å². The van der Waals surface area contributed by atoms with E-state index in [-0.39, 0.29) is 11.8 Å². The van der Waals surface area contributed by atoms with Crippen LogP contribution in [0.25, 0.3) is 0 Å². The molecule has 0 bridgehead atoms. The van der Waals surface area contributed by atoms with Crippen molar-refractivity contribution in [2.45, 2.75) is 132 Å². The second kappa shape index (κ2) is 19.0. The zero-order valence-corrected chi connectivity index (χ0v) is 26.0. The number of carboxylic acid groups (broad SMARTS) is 1. The molecule has 0 aromatic carbocycles. The van der Waals surface area contributed by atoms with E-state index in [1.807, 2.05) is 18.7 Å². The van der Waals surface area contributed by atoms with Crippen LogP contribution in [0.5, 0.6) is 0 Å². The highest BCUT2D eigenvalue weighted by atomic mass is 16.4. The molecule has 3 rings (SSSR count). The van der Waals surface area contributed by atoms with E-state index >= 15 is 0 Å². The van der Waals surface area contributed by atoms with E-state index in [1.165, 1.54) is 58.2 Å². The molecule has 7 heteroatoms. The molecular formula is C30H62N4O3. The van der Waals surface area contributed by atoms with Crippen molar-refractivity contribution in [1.82, 2.24) is 14.7 Å². The first-order valence-corrected chi connectivity index (χ1v) is 14.9. The normalized spacial score (nSPS) is 24.8. The summed E-state index contributed by atoms with van der Waals surface area (Å²) in [6.07, 6.45) is 7.89. The Kier molecular flexibility index (Phi) is 18.4. The Balaban J connectivity index is 0.000000477. The summed E-state index contributed by atoms with van der Waals surface area (Å²) in [5.74, 6) is 0.339. The molecule has 3 saturated heterocycles. The maximum Gasteiger partial charge on any atom is 0.305 e. The van der Waals surface area contributed by atoms with Crippen LogP contribution in [0, 0.1) is 17.8 Å². The topological polar surface area (TPSA) is 90.1 Å². The molecule has 0 aromatic heterocycles. The lowest BCUT2D eigenvalue weighted by Crippen LogP contribution is -2.37. The summed E-state index contributed by atoms with van der Waals surface area (Å²) in [7, 11) is 0. The third-order valence-corrected chi connectivity index (χ3v) is 7.33. The minimum Gasteiger partial charge on any atom is -0.481 e. The average Bonchev–Trinajstić information content (AvgIpc) is 3.51. The molecule has 7 nitrogen and oxygen atoms in total. The zero-order valence-electron chi connectivity index (χ0n) is 26.0. The van der Waals surface area contributed by atoms with Crippen molar-refractivity contribution < 1.29 is 14.7 Å². The number of aliphatic carboxylic acids is 1. The highest BCUT2D eigenvalue weighted by molar-refractivity contribution is 5.78. The van der Waals surface area contributed by atoms with Crippen molar-refractivity contribution in [2.75, 3.05) is 32.7 Å². The van der Waals surface area contributed by atoms with Gasteiger partial charge in [0.1, 0.15) is 0 Å². The van der Waals surface area contributed by atoms with Gasteiger partial charge in [0.2, 0.25) is 5.91 Å². The van der Waals surface area contributed by atoms with Crippen molar-refractivity contribution in [2.24, 2.45) is 23.5 Å². The Bertz CT molecular complexity index is 598. The van der Waals surface area contributed by atoms with Crippen molar-refractivity contribution in [3.05, 3.63) is 0 Å². The second-order valence-corrected chi connectivity index (χ2v) is 12.5. The highest BCUT2D eigenvalue weighted by Gasteiger charge is 2.26. The second-order valence-electron chi connectivity index (χ2n) is 12.5. The lowest BCUT2D eigenvalue weighted by Gasteiger charge is -2.23. The maximum absolute atomic E-state index is 11.5. The van der Waals surface area contributed by atoms with Crippen LogP contribution in [0.4, 0.5) is 0 Å². The van der Waals surface area contributed by atoms with E-state index in [2.05, 4.69) is 51.3 Å². The quantitative estimate of drug-likeness (QED) is 0.486. The van der Waals surface area contributed by atoms with E-state index in [9.17, 15) is 9.59 Å². The molecular weight excluding hydrogens is 464 g/mol. The first-order valence-electron chi connectivity index (χ1n) is 14.9. The van der Waals surface area contributed by atoms with Crippen LogP contribution in [0.3, 0.4) is 0 Å². The van der Waals surface area contributed by atoms with Gasteiger partial charge in [-0.15, -0.1) is 0 Å². The molecule has 3 fully saturated rings. The predicted molar refractivity (Wildman–Crippen MR) is 157 cm³/mol. The summed E-state index contributed by atoms with van der Waals surface area (Å²) in [4.78, 5) is 28.3. The Morgan fingerprint density at radius 3 is 1.41 bits per heavy atom. The largest absolute Gasteiger partial charge is 0.481 e. The molecule has 3 N–H and O–H groups in total. The Labute approximate surface area is 229 Å². The van der Waals surface area contributed by atoms with Gasteiger partial charge < -0.3 is 20.6 Å². The summed E-state index contributed by atoms with van der Waals surface area (Å²) in [5.41, 5.74) is 5.69. The van der Waals surface area contributed by atoms with E-state index in [0.717, 1.165) is 31.1 Å². The van der Waals surface area contributed by atoms with Crippen LogP contribution < -0.4 is 5.73 Å².